The number of anilines is 1. The lowest BCUT2D eigenvalue weighted by atomic mass is 9.94. The van der Waals surface area contributed by atoms with Crippen molar-refractivity contribution in [1.29, 1.82) is 0 Å². The molecule has 2 aliphatic rings. The number of carbonyl (C=O) groups excluding carboxylic acids is 2. The number of Topliss-reactive ketones (excluding diaryl/α,β-unsaturated/α-hetero) is 1. The van der Waals surface area contributed by atoms with Crippen molar-refractivity contribution in [2.45, 2.75) is 32.7 Å². The molecule has 3 heterocycles. The summed E-state index contributed by atoms with van der Waals surface area (Å²) in [5, 5.41) is 11.9. The van der Waals surface area contributed by atoms with Crippen LogP contribution >= 0.6 is 11.3 Å². The lowest BCUT2D eigenvalue weighted by Crippen LogP contribution is -2.29. The van der Waals surface area contributed by atoms with Gasteiger partial charge >= 0.3 is 5.91 Å². The van der Waals surface area contributed by atoms with Crippen LogP contribution in [-0.2, 0) is 9.59 Å². The summed E-state index contributed by atoms with van der Waals surface area (Å²) in [6, 6.07) is 17.8. The predicted molar refractivity (Wildman–Crippen MR) is 147 cm³/mol. The molecular formula is C30H26N2O5S. The molecule has 192 valence electrons. The summed E-state index contributed by atoms with van der Waals surface area (Å²) in [7, 11) is 0. The second-order valence-corrected chi connectivity index (χ2v) is 10.8. The average molecular weight is 527 g/mol. The molecule has 0 spiro atoms. The summed E-state index contributed by atoms with van der Waals surface area (Å²) in [4.78, 5) is 33.2. The van der Waals surface area contributed by atoms with Gasteiger partial charge in [0.25, 0.3) is 5.78 Å². The van der Waals surface area contributed by atoms with E-state index in [1.807, 2.05) is 43.3 Å². The van der Waals surface area contributed by atoms with Gasteiger partial charge in [0, 0.05) is 5.56 Å². The van der Waals surface area contributed by atoms with Crippen molar-refractivity contribution in [2.24, 2.45) is 0 Å². The Labute approximate surface area is 224 Å². The fourth-order valence-electron chi connectivity index (χ4n) is 4.92. The molecular weight excluding hydrogens is 500 g/mol. The van der Waals surface area contributed by atoms with Crippen LogP contribution in [0, 0.1) is 6.92 Å². The van der Waals surface area contributed by atoms with Gasteiger partial charge in [-0.05, 0) is 54.3 Å². The highest BCUT2D eigenvalue weighted by molar-refractivity contribution is 7.22. The maximum absolute atomic E-state index is 13.6. The second-order valence-electron chi connectivity index (χ2n) is 9.82. The number of ether oxygens (including phenoxy) is 2. The van der Waals surface area contributed by atoms with Crippen LogP contribution < -0.4 is 14.4 Å². The maximum Gasteiger partial charge on any atom is 0.301 e. The third kappa shape index (κ3) is 4.01. The molecule has 8 heteroatoms. The van der Waals surface area contributed by atoms with Crippen LogP contribution in [0.25, 0.3) is 16.0 Å². The third-order valence-corrected chi connectivity index (χ3v) is 7.91. The highest BCUT2D eigenvalue weighted by Crippen LogP contribution is 2.45. The molecule has 3 aromatic carbocycles. The minimum Gasteiger partial charge on any atom is -0.507 e. The number of amides is 1. The average Bonchev–Trinajstić information content (AvgIpc) is 3.45. The Hall–Kier alpha value is -4.17. The Balaban J connectivity index is 1.53. The van der Waals surface area contributed by atoms with E-state index in [0.29, 0.717) is 46.9 Å². The normalized spacial score (nSPS) is 18.5. The van der Waals surface area contributed by atoms with Crippen molar-refractivity contribution in [3.8, 4) is 11.5 Å². The number of aromatic nitrogens is 1. The summed E-state index contributed by atoms with van der Waals surface area (Å²) in [5.74, 6) is -0.354. The first-order chi connectivity index (χ1) is 18.3. The number of hydrogen-bond acceptors (Lipinski definition) is 7. The molecule has 7 nitrogen and oxygen atoms in total. The minimum absolute atomic E-state index is 0.0133. The lowest BCUT2D eigenvalue weighted by Gasteiger charge is -2.23. The Kier molecular flexibility index (Phi) is 5.91. The number of aliphatic hydroxyl groups excluding tert-OH is 1. The maximum atomic E-state index is 13.6. The van der Waals surface area contributed by atoms with Gasteiger partial charge in [-0.1, -0.05) is 61.1 Å². The van der Waals surface area contributed by atoms with Gasteiger partial charge in [0.2, 0.25) is 0 Å². The third-order valence-electron chi connectivity index (χ3n) is 6.89. The van der Waals surface area contributed by atoms with Gasteiger partial charge in [-0.25, -0.2) is 4.98 Å². The van der Waals surface area contributed by atoms with Crippen molar-refractivity contribution in [1.82, 2.24) is 4.98 Å². The van der Waals surface area contributed by atoms with Crippen LogP contribution in [0.2, 0.25) is 0 Å². The first kappa shape index (κ1) is 24.2. The molecule has 0 saturated carbocycles. The number of benzene rings is 3. The lowest BCUT2D eigenvalue weighted by molar-refractivity contribution is -0.132. The van der Waals surface area contributed by atoms with Gasteiger partial charge in [0.1, 0.15) is 19.0 Å². The zero-order chi connectivity index (χ0) is 26.6. The van der Waals surface area contributed by atoms with Crippen LogP contribution in [-0.4, -0.2) is 35.0 Å². The molecule has 1 aromatic heterocycles. The highest BCUT2D eigenvalue weighted by Gasteiger charge is 2.48. The van der Waals surface area contributed by atoms with E-state index in [-0.39, 0.29) is 11.3 Å². The summed E-state index contributed by atoms with van der Waals surface area (Å²) in [5.41, 5.74) is 3.99. The van der Waals surface area contributed by atoms with Crippen molar-refractivity contribution in [3.63, 3.8) is 0 Å². The zero-order valence-electron chi connectivity index (χ0n) is 21.2. The number of aryl methyl sites for hydroxylation is 1. The molecule has 4 aromatic rings. The number of ketones is 1. The van der Waals surface area contributed by atoms with Crippen LogP contribution in [0.15, 0.2) is 66.2 Å². The van der Waals surface area contributed by atoms with Gasteiger partial charge in [-0.15, -0.1) is 0 Å². The van der Waals surface area contributed by atoms with Gasteiger partial charge < -0.3 is 14.6 Å². The van der Waals surface area contributed by atoms with E-state index in [1.54, 1.807) is 18.2 Å². The molecule has 0 aliphatic carbocycles. The van der Waals surface area contributed by atoms with Gasteiger partial charge in [0.15, 0.2) is 16.6 Å². The Morgan fingerprint density at radius 1 is 1.03 bits per heavy atom. The second kappa shape index (κ2) is 9.29. The molecule has 0 bridgehead atoms. The first-order valence-electron chi connectivity index (χ1n) is 12.5. The highest BCUT2D eigenvalue weighted by atomic mass is 32.1. The summed E-state index contributed by atoms with van der Waals surface area (Å²) in [6.07, 6.45) is 0. The van der Waals surface area contributed by atoms with Crippen molar-refractivity contribution < 1.29 is 24.2 Å². The minimum atomic E-state index is -0.840. The van der Waals surface area contributed by atoms with Crippen LogP contribution in [0.4, 0.5) is 5.13 Å². The smallest absolute Gasteiger partial charge is 0.301 e. The van der Waals surface area contributed by atoms with Crippen molar-refractivity contribution in [3.05, 3.63) is 88.5 Å². The fraction of sp³-hybridized carbons (Fsp3) is 0.233. The molecule has 2 aliphatic heterocycles. The predicted octanol–water partition coefficient (Wildman–Crippen LogP) is 6.13. The summed E-state index contributed by atoms with van der Waals surface area (Å²) in [6.45, 7) is 7.02. The number of nitrogens with zero attached hydrogens (tertiary/aromatic N) is 2. The Morgan fingerprint density at radius 2 is 1.82 bits per heavy atom. The van der Waals surface area contributed by atoms with E-state index in [0.717, 1.165) is 15.8 Å². The Morgan fingerprint density at radius 3 is 2.58 bits per heavy atom. The molecule has 6 rings (SSSR count). The van der Waals surface area contributed by atoms with E-state index in [4.69, 9.17) is 14.5 Å². The standard InChI is InChI=1S/C30H26N2O5S/c1-16(2)18-7-9-21-24(15-18)38-30(31-21)32-26(19-6-4-5-17(3)13-19)25(28(34)29(32)35)27(33)20-8-10-22-23(14-20)37-12-11-36-22/h4-10,13-16,26,33H,11-12H2,1-3H3/b27-25+. The van der Waals surface area contributed by atoms with E-state index >= 15 is 0 Å². The fourth-order valence-corrected chi connectivity index (χ4v) is 5.96. The number of hydrogen-bond donors (Lipinski definition) is 1. The molecule has 38 heavy (non-hydrogen) atoms. The quantitative estimate of drug-likeness (QED) is 0.196. The van der Waals surface area contributed by atoms with Crippen molar-refractivity contribution in [2.75, 3.05) is 18.1 Å². The molecule has 1 unspecified atom stereocenters. The number of aliphatic hydroxyl groups is 1. The van der Waals surface area contributed by atoms with E-state index in [1.165, 1.54) is 21.8 Å². The largest absolute Gasteiger partial charge is 0.507 e. The van der Waals surface area contributed by atoms with Gasteiger partial charge in [-0.3, -0.25) is 14.5 Å². The molecule has 0 radical (unpaired) electrons. The van der Waals surface area contributed by atoms with Crippen molar-refractivity contribution >= 4 is 44.1 Å². The van der Waals surface area contributed by atoms with Gasteiger partial charge in [0.05, 0.1) is 21.8 Å². The van der Waals surface area contributed by atoms with Crippen LogP contribution in [0.5, 0.6) is 11.5 Å². The Bertz CT molecular complexity index is 1640. The molecule has 1 amide bonds. The summed E-state index contributed by atoms with van der Waals surface area (Å²) >= 11 is 1.36. The van der Waals surface area contributed by atoms with Gasteiger partial charge in [-0.2, -0.15) is 0 Å². The number of thiazole rings is 1. The van der Waals surface area contributed by atoms with E-state index in [9.17, 15) is 14.7 Å². The van der Waals surface area contributed by atoms with E-state index in [2.05, 4.69) is 19.9 Å². The summed E-state index contributed by atoms with van der Waals surface area (Å²) < 4.78 is 12.2. The SMILES string of the molecule is Cc1cccc(C2/C(=C(\O)c3ccc4c(c3)OCCO4)C(=O)C(=O)N2c2nc3ccc(C(C)C)cc3s2)c1. The molecule has 1 atom stereocenters. The molecule has 1 N–H and O–H groups in total. The van der Waals surface area contributed by atoms with E-state index < -0.39 is 17.7 Å². The zero-order valence-corrected chi connectivity index (χ0v) is 22.0. The van der Waals surface area contributed by atoms with Crippen LogP contribution in [0.3, 0.4) is 0 Å². The monoisotopic (exact) mass is 526 g/mol. The van der Waals surface area contributed by atoms with Crippen LogP contribution in [0.1, 0.15) is 48.1 Å². The topological polar surface area (TPSA) is 89.0 Å². The first-order valence-corrected chi connectivity index (χ1v) is 13.3. The molecule has 1 fully saturated rings. The number of fused-ring (bicyclic) bond motifs is 2. The number of rotatable bonds is 4. The molecule has 1 saturated heterocycles. The number of carbonyl (C=O) groups is 2.